The molecule has 3 rings (SSSR count). The van der Waals surface area contributed by atoms with Crippen molar-refractivity contribution in [3.63, 3.8) is 0 Å². The zero-order valence-electron chi connectivity index (χ0n) is 19.7. The second-order valence-electron chi connectivity index (χ2n) is 8.18. The molecule has 182 valence electrons. The Bertz CT molecular complexity index is 1070. The maximum Gasteiger partial charge on any atom is 0.407 e. The molecular formula is C28H30N2O5. The van der Waals surface area contributed by atoms with E-state index >= 15 is 0 Å². The van der Waals surface area contributed by atoms with Crippen LogP contribution in [0.15, 0.2) is 91.0 Å². The van der Waals surface area contributed by atoms with Gasteiger partial charge < -0.3 is 20.1 Å². The number of carbonyl (C=O) groups excluding carboxylic acids is 3. The summed E-state index contributed by atoms with van der Waals surface area (Å²) in [4.78, 5) is 37.4. The third kappa shape index (κ3) is 9.33. The minimum absolute atomic E-state index is 0.0222. The van der Waals surface area contributed by atoms with E-state index < -0.39 is 24.1 Å². The zero-order valence-corrected chi connectivity index (χ0v) is 19.7. The van der Waals surface area contributed by atoms with Gasteiger partial charge in [0.15, 0.2) is 0 Å². The van der Waals surface area contributed by atoms with E-state index in [1.807, 2.05) is 91.0 Å². The van der Waals surface area contributed by atoms with Crippen molar-refractivity contribution < 1.29 is 23.9 Å². The number of amides is 2. The number of hydrogen-bond acceptors (Lipinski definition) is 5. The molecule has 0 saturated heterocycles. The highest BCUT2D eigenvalue weighted by atomic mass is 16.5. The van der Waals surface area contributed by atoms with Gasteiger partial charge in [-0.1, -0.05) is 91.0 Å². The molecule has 0 aliphatic carbocycles. The predicted octanol–water partition coefficient (Wildman–Crippen LogP) is 4.16. The van der Waals surface area contributed by atoms with Gasteiger partial charge in [-0.15, -0.1) is 0 Å². The maximum atomic E-state index is 12.7. The van der Waals surface area contributed by atoms with Crippen LogP contribution in [0.1, 0.15) is 30.0 Å². The fourth-order valence-electron chi connectivity index (χ4n) is 3.44. The topological polar surface area (TPSA) is 93.7 Å². The number of alkyl carbamates (subject to hydrolysis) is 1. The monoisotopic (exact) mass is 474 g/mol. The first-order valence-corrected chi connectivity index (χ1v) is 11.5. The van der Waals surface area contributed by atoms with Crippen LogP contribution in [0.5, 0.6) is 0 Å². The SMILES string of the molecule is C[C@H](NC(=O)C[C@H](Cc1ccccc1)NC(=O)OCc1ccccc1)C(=O)OCc1ccccc1. The van der Waals surface area contributed by atoms with Gasteiger partial charge in [0.05, 0.1) is 0 Å². The molecule has 2 N–H and O–H groups in total. The van der Waals surface area contributed by atoms with Gasteiger partial charge in [0.2, 0.25) is 5.91 Å². The molecule has 7 nitrogen and oxygen atoms in total. The van der Waals surface area contributed by atoms with Crippen LogP contribution >= 0.6 is 0 Å². The van der Waals surface area contributed by atoms with Crippen molar-refractivity contribution in [2.24, 2.45) is 0 Å². The van der Waals surface area contributed by atoms with Crippen LogP contribution in [-0.4, -0.2) is 30.1 Å². The Hall–Kier alpha value is -4.13. The molecule has 0 spiro atoms. The standard InChI is InChI=1S/C28H30N2O5/c1-21(27(32)34-19-23-13-7-3-8-14-23)29-26(31)18-25(17-22-11-5-2-6-12-22)30-28(33)35-20-24-15-9-4-10-16-24/h2-16,21,25H,17-20H2,1H3,(H,29,31)(H,30,33)/t21-,25-/m0/s1. The smallest absolute Gasteiger partial charge is 0.407 e. The van der Waals surface area contributed by atoms with Crippen LogP contribution in [0.2, 0.25) is 0 Å². The lowest BCUT2D eigenvalue weighted by atomic mass is 10.0. The Morgan fingerprint density at radius 3 is 1.71 bits per heavy atom. The molecule has 0 unspecified atom stereocenters. The Morgan fingerprint density at radius 2 is 1.17 bits per heavy atom. The highest BCUT2D eigenvalue weighted by molar-refractivity contribution is 5.84. The van der Waals surface area contributed by atoms with Gasteiger partial charge in [0.25, 0.3) is 0 Å². The van der Waals surface area contributed by atoms with Crippen molar-refractivity contribution in [2.45, 2.75) is 45.1 Å². The quantitative estimate of drug-likeness (QED) is 0.407. The van der Waals surface area contributed by atoms with Crippen LogP contribution in [0, 0.1) is 0 Å². The van der Waals surface area contributed by atoms with Gasteiger partial charge in [-0.2, -0.15) is 0 Å². The van der Waals surface area contributed by atoms with E-state index in [0.29, 0.717) is 6.42 Å². The normalized spacial score (nSPS) is 12.1. The fourth-order valence-corrected chi connectivity index (χ4v) is 3.44. The molecule has 2 amide bonds. The summed E-state index contributed by atoms with van der Waals surface area (Å²) < 4.78 is 10.6. The number of hydrogen-bond donors (Lipinski definition) is 2. The number of esters is 1. The molecule has 2 atom stereocenters. The summed E-state index contributed by atoms with van der Waals surface area (Å²) in [5.74, 6) is -0.907. The Balaban J connectivity index is 1.52. The van der Waals surface area contributed by atoms with Crippen LogP contribution in [0.4, 0.5) is 4.79 Å². The minimum Gasteiger partial charge on any atom is -0.459 e. The van der Waals surface area contributed by atoms with Crippen molar-refractivity contribution in [1.29, 1.82) is 0 Å². The van der Waals surface area contributed by atoms with Gasteiger partial charge in [-0.3, -0.25) is 4.79 Å². The summed E-state index contributed by atoms with van der Waals surface area (Å²) in [5.41, 5.74) is 2.69. The fraction of sp³-hybridized carbons (Fsp3) is 0.250. The summed E-state index contributed by atoms with van der Waals surface area (Å²) in [6, 6.07) is 26.8. The molecule has 3 aromatic carbocycles. The van der Waals surface area contributed by atoms with Crippen LogP contribution in [-0.2, 0) is 38.7 Å². The highest BCUT2D eigenvalue weighted by Crippen LogP contribution is 2.08. The van der Waals surface area contributed by atoms with E-state index in [0.717, 1.165) is 16.7 Å². The molecule has 7 heteroatoms. The van der Waals surface area contributed by atoms with Gasteiger partial charge in [-0.05, 0) is 30.0 Å². The summed E-state index contributed by atoms with van der Waals surface area (Å²) in [6.07, 6.45) is -0.203. The number of benzene rings is 3. The lowest BCUT2D eigenvalue weighted by Crippen LogP contribution is -2.44. The molecule has 0 aliphatic rings. The summed E-state index contributed by atoms with van der Waals surface area (Å²) in [7, 11) is 0. The number of ether oxygens (including phenoxy) is 2. The molecule has 0 bridgehead atoms. The van der Waals surface area contributed by atoms with Crippen LogP contribution in [0.25, 0.3) is 0 Å². The number of carbonyl (C=O) groups is 3. The number of nitrogens with one attached hydrogen (secondary N) is 2. The summed E-state index contributed by atoms with van der Waals surface area (Å²) >= 11 is 0. The molecule has 3 aromatic rings. The highest BCUT2D eigenvalue weighted by Gasteiger charge is 2.22. The van der Waals surface area contributed by atoms with E-state index in [2.05, 4.69) is 10.6 Å². The van der Waals surface area contributed by atoms with E-state index in [1.54, 1.807) is 6.92 Å². The van der Waals surface area contributed by atoms with Gasteiger partial charge >= 0.3 is 12.1 Å². The zero-order chi connectivity index (χ0) is 24.9. The molecule has 0 radical (unpaired) electrons. The van der Waals surface area contributed by atoms with Crippen molar-refractivity contribution in [1.82, 2.24) is 10.6 Å². The predicted molar refractivity (Wildman–Crippen MR) is 132 cm³/mol. The van der Waals surface area contributed by atoms with E-state index in [-0.39, 0.29) is 25.5 Å². The average Bonchev–Trinajstić information content (AvgIpc) is 2.87. The molecular weight excluding hydrogens is 444 g/mol. The molecule has 0 aliphatic heterocycles. The third-order valence-corrected chi connectivity index (χ3v) is 5.25. The summed E-state index contributed by atoms with van der Waals surface area (Å²) in [6.45, 7) is 1.82. The van der Waals surface area contributed by atoms with Crippen LogP contribution < -0.4 is 10.6 Å². The van der Waals surface area contributed by atoms with Gasteiger partial charge in [0, 0.05) is 12.5 Å². The van der Waals surface area contributed by atoms with Gasteiger partial charge in [-0.25, -0.2) is 9.59 Å². The first-order chi connectivity index (χ1) is 17.0. The Labute approximate surface area is 205 Å². The van der Waals surface area contributed by atoms with E-state index in [4.69, 9.17) is 9.47 Å². The maximum absolute atomic E-state index is 12.7. The van der Waals surface area contributed by atoms with Crippen molar-refractivity contribution >= 4 is 18.0 Å². The summed E-state index contributed by atoms with van der Waals surface area (Å²) in [5, 5.41) is 5.44. The van der Waals surface area contributed by atoms with E-state index in [9.17, 15) is 14.4 Å². The van der Waals surface area contributed by atoms with Crippen molar-refractivity contribution in [2.75, 3.05) is 0 Å². The second-order valence-corrected chi connectivity index (χ2v) is 8.18. The lowest BCUT2D eigenvalue weighted by molar-refractivity contribution is -0.148. The average molecular weight is 475 g/mol. The number of rotatable bonds is 11. The van der Waals surface area contributed by atoms with Gasteiger partial charge in [0.1, 0.15) is 19.3 Å². The first-order valence-electron chi connectivity index (χ1n) is 11.5. The lowest BCUT2D eigenvalue weighted by Gasteiger charge is -2.20. The molecule has 0 aromatic heterocycles. The first kappa shape index (κ1) is 25.5. The molecule has 35 heavy (non-hydrogen) atoms. The van der Waals surface area contributed by atoms with Crippen molar-refractivity contribution in [3.05, 3.63) is 108 Å². The molecule has 0 fully saturated rings. The minimum atomic E-state index is -0.825. The molecule has 0 saturated carbocycles. The third-order valence-electron chi connectivity index (χ3n) is 5.25. The second kappa shape index (κ2) is 13.5. The van der Waals surface area contributed by atoms with E-state index in [1.165, 1.54) is 0 Å². The van der Waals surface area contributed by atoms with Crippen molar-refractivity contribution in [3.8, 4) is 0 Å². The Kier molecular flexibility index (Phi) is 9.87. The molecule has 0 heterocycles. The Morgan fingerprint density at radius 1 is 0.686 bits per heavy atom. The largest absolute Gasteiger partial charge is 0.459 e. The van der Waals surface area contributed by atoms with Crippen LogP contribution in [0.3, 0.4) is 0 Å².